The highest BCUT2D eigenvalue weighted by Gasteiger charge is 2.44. The van der Waals surface area contributed by atoms with E-state index in [0.29, 0.717) is 24.6 Å². The van der Waals surface area contributed by atoms with E-state index in [1.165, 1.54) is 0 Å². The van der Waals surface area contributed by atoms with Gasteiger partial charge in [-0.3, -0.25) is 0 Å². The van der Waals surface area contributed by atoms with Crippen molar-refractivity contribution in [1.29, 1.82) is 0 Å². The Kier molecular flexibility index (Phi) is 4.18. The molecule has 2 fully saturated rings. The molecule has 1 aromatic heterocycles. The standard InChI is InChI=1S/C15H22F3N3O/c16-15(17,18)11-6-4-5-10(9-11)12-20-13(21-22-12)14(19)7-2-1-3-8-14/h10-11H,1-9,19H2. The van der Waals surface area contributed by atoms with Gasteiger partial charge in [0.1, 0.15) is 0 Å². The topological polar surface area (TPSA) is 64.9 Å². The van der Waals surface area contributed by atoms with Gasteiger partial charge in [0.15, 0.2) is 5.82 Å². The van der Waals surface area contributed by atoms with Crippen molar-refractivity contribution < 1.29 is 17.7 Å². The van der Waals surface area contributed by atoms with Crippen molar-refractivity contribution >= 4 is 0 Å². The van der Waals surface area contributed by atoms with Crippen LogP contribution in [0.15, 0.2) is 4.52 Å². The molecular formula is C15H22F3N3O. The average molecular weight is 317 g/mol. The van der Waals surface area contributed by atoms with Gasteiger partial charge in [-0.15, -0.1) is 0 Å². The van der Waals surface area contributed by atoms with Crippen LogP contribution in [0.1, 0.15) is 75.4 Å². The highest BCUT2D eigenvalue weighted by Crippen LogP contribution is 2.43. The second-order valence-corrected chi connectivity index (χ2v) is 6.78. The Morgan fingerprint density at radius 1 is 1.09 bits per heavy atom. The van der Waals surface area contributed by atoms with Crippen molar-refractivity contribution in [2.45, 2.75) is 75.4 Å². The SMILES string of the molecule is NC1(c2noc(C3CCCC(C(F)(F)F)C3)n2)CCCCC1. The number of rotatable bonds is 2. The van der Waals surface area contributed by atoms with Crippen LogP contribution in [0.2, 0.25) is 0 Å². The van der Waals surface area contributed by atoms with E-state index in [0.717, 1.165) is 32.1 Å². The van der Waals surface area contributed by atoms with Gasteiger partial charge in [0.25, 0.3) is 0 Å². The molecule has 2 aliphatic rings. The third kappa shape index (κ3) is 3.14. The molecule has 1 heterocycles. The van der Waals surface area contributed by atoms with Crippen LogP contribution >= 0.6 is 0 Å². The maximum Gasteiger partial charge on any atom is 0.391 e. The first-order chi connectivity index (χ1) is 10.4. The number of hydrogen-bond donors (Lipinski definition) is 1. The fraction of sp³-hybridized carbons (Fsp3) is 0.867. The molecule has 2 atom stereocenters. The molecular weight excluding hydrogens is 295 g/mol. The summed E-state index contributed by atoms with van der Waals surface area (Å²) in [6.45, 7) is 0. The fourth-order valence-corrected chi connectivity index (χ4v) is 3.72. The minimum atomic E-state index is -4.14. The summed E-state index contributed by atoms with van der Waals surface area (Å²) in [5, 5.41) is 3.98. The van der Waals surface area contributed by atoms with Gasteiger partial charge in [0.05, 0.1) is 11.5 Å². The summed E-state index contributed by atoms with van der Waals surface area (Å²) in [5.74, 6) is -0.757. The Bertz CT molecular complexity index is 508. The first-order valence-corrected chi connectivity index (χ1v) is 8.08. The van der Waals surface area contributed by atoms with Crippen LogP contribution in [0.4, 0.5) is 13.2 Å². The second kappa shape index (κ2) is 5.83. The van der Waals surface area contributed by atoms with Crippen molar-refractivity contribution in [3.8, 4) is 0 Å². The maximum absolute atomic E-state index is 12.9. The Morgan fingerprint density at radius 3 is 2.50 bits per heavy atom. The number of nitrogens with zero attached hydrogens (tertiary/aromatic N) is 2. The lowest BCUT2D eigenvalue weighted by atomic mass is 9.80. The Hall–Kier alpha value is -1.11. The molecule has 2 unspecified atom stereocenters. The molecule has 3 rings (SSSR count). The zero-order chi connectivity index (χ0) is 15.8. The molecule has 2 saturated carbocycles. The predicted octanol–water partition coefficient (Wildman–Crippen LogP) is 4.02. The molecule has 0 spiro atoms. The Labute approximate surface area is 127 Å². The molecule has 0 bridgehead atoms. The van der Waals surface area contributed by atoms with Crippen LogP contribution in [-0.2, 0) is 5.54 Å². The third-order valence-electron chi connectivity index (χ3n) is 5.12. The predicted molar refractivity (Wildman–Crippen MR) is 74.0 cm³/mol. The van der Waals surface area contributed by atoms with Gasteiger partial charge in [0.2, 0.25) is 5.89 Å². The summed E-state index contributed by atoms with van der Waals surface area (Å²) in [6.07, 6.45) is 2.14. The monoisotopic (exact) mass is 317 g/mol. The quantitative estimate of drug-likeness (QED) is 0.894. The molecule has 124 valence electrons. The number of halogens is 3. The van der Waals surface area contributed by atoms with E-state index < -0.39 is 17.6 Å². The van der Waals surface area contributed by atoms with Crippen molar-refractivity contribution in [1.82, 2.24) is 10.1 Å². The molecule has 0 amide bonds. The van der Waals surface area contributed by atoms with Crippen LogP contribution in [-0.4, -0.2) is 16.3 Å². The van der Waals surface area contributed by atoms with E-state index in [2.05, 4.69) is 10.1 Å². The molecule has 0 radical (unpaired) electrons. The minimum absolute atomic E-state index is 0.0443. The summed E-state index contributed by atoms with van der Waals surface area (Å²) in [7, 11) is 0. The lowest BCUT2D eigenvalue weighted by Gasteiger charge is -2.30. The van der Waals surface area contributed by atoms with E-state index in [1.807, 2.05) is 0 Å². The Balaban J connectivity index is 1.73. The number of hydrogen-bond acceptors (Lipinski definition) is 4. The molecule has 7 heteroatoms. The smallest absolute Gasteiger partial charge is 0.339 e. The molecule has 1 aromatic rings. The van der Waals surface area contributed by atoms with E-state index in [4.69, 9.17) is 10.3 Å². The third-order valence-corrected chi connectivity index (χ3v) is 5.12. The van der Waals surface area contributed by atoms with Gasteiger partial charge in [-0.2, -0.15) is 18.2 Å². The number of alkyl halides is 3. The van der Waals surface area contributed by atoms with Gasteiger partial charge in [0, 0.05) is 5.92 Å². The molecule has 22 heavy (non-hydrogen) atoms. The van der Waals surface area contributed by atoms with E-state index in [1.54, 1.807) is 0 Å². The van der Waals surface area contributed by atoms with Gasteiger partial charge in [-0.25, -0.2) is 0 Å². The fourth-order valence-electron chi connectivity index (χ4n) is 3.72. The van der Waals surface area contributed by atoms with Crippen molar-refractivity contribution in [3.05, 3.63) is 11.7 Å². The molecule has 0 aromatic carbocycles. The summed E-state index contributed by atoms with van der Waals surface area (Å²) in [6, 6.07) is 0. The molecule has 0 aliphatic heterocycles. The van der Waals surface area contributed by atoms with Crippen LogP contribution in [0.25, 0.3) is 0 Å². The van der Waals surface area contributed by atoms with Crippen LogP contribution in [0.3, 0.4) is 0 Å². The second-order valence-electron chi connectivity index (χ2n) is 6.78. The molecule has 4 nitrogen and oxygen atoms in total. The van der Waals surface area contributed by atoms with Crippen LogP contribution in [0, 0.1) is 5.92 Å². The van der Waals surface area contributed by atoms with E-state index in [9.17, 15) is 13.2 Å². The largest absolute Gasteiger partial charge is 0.391 e. The first-order valence-electron chi connectivity index (χ1n) is 8.08. The number of aromatic nitrogens is 2. The average Bonchev–Trinajstić information content (AvgIpc) is 2.98. The van der Waals surface area contributed by atoms with Crippen molar-refractivity contribution in [3.63, 3.8) is 0 Å². The van der Waals surface area contributed by atoms with Gasteiger partial charge < -0.3 is 10.3 Å². The molecule has 2 N–H and O–H groups in total. The molecule has 2 aliphatic carbocycles. The van der Waals surface area contributed by atoms with Crippen molar-refractivity contribution in [2.75, 3.05) is 0 Å². The maximum atomic E-state index is 12.9. The summed E-state index contributed by atoms with van der Waals surface area (Å²) in [5.41, 5.74) is 5.78. The van der Waals surface area contributed by atoms with Gasteiger partial charge in [-0.1, -0.05) is 30.8 Å². The lowest BCUT2D eigenvalue weighted by Crippen LogP contribution is -2.39. The zero-order valence-electron chi connectivity index (χ0n) is 12.5. The zero-order valence-corrected chi connectivity index (χ0v) is 12.5. The highest BCUT2D eigenvalue weighted by molar-refractivity contribution is 5.07. The first kappa shape index (κ1) is 15.8. The summed E-state index contributed by atoms with van der Waals surface area (Å²) < 4.78 is 44.0. The molecule has 0 saturated heterocycles. The highest BCUT2D eigenvalue weighted by atomic mass is 19.4. The van der Waals surface area contributed by atoms with E-state index in [-0.39, 0.29) is 18.8 Å². The van der Waals surface area contributed by atoms with Gasteiger partial charge in [-0.05, 0) is 32.1 Å². The summed E-state index contributed by atoms with van der Waals surface area (Å²) >= 11 is 0. The summed E-state index contributed by atoms with van der Waals surface area (Å²) in [4.78, 5) is 4.38. The number of nitrogens with two attached hydrogens (primary N) is 1. The minimum Gasteiger partial charge on any atom is -0.339 e. The van der Waals surface area contributed by atoms with Gasteiger partial charge >= 0.3 is 6.18 Å². The van der Waals surface area contributed by atoms with Crippen molar-refractivity contribution in [2.24, 2.45) is 11.7 Å². The van der Waals surface area contributed by atoms with Crippen LogP contribution < -0.4 is 5.73 Å². The Morgan fingerprint density at radius 2 is 1.82 bits per heavy atom. The normalized spacial score (nSPS) is 29.5. The van der Waals surface area contributed by atoms with E-state index >= 15 is 0 Å². The van der Waals surface area contributed by atoms with Crippen LogP contribution in [0.5, 0.6) is 0 Å². The lowest BCUT2D eigenvalue weighted by molar-refractivity contribution is -0.183.